The van der Waals surface area contributed by atoms with Crippen LogP contribution in [0.3, 0.4) is 0 Å². The second-order valence-electron chi connectivity index (χ2n) is 8.98. The molecule has 1 spiro atoms. The minimum Gasteiger partial charge on any atom is -0.497 e. The third-order valence-electron chi connectivity index (χ3n) is 7.06. The fourth-order valence-corrected chi connectivity index (χ4v) is 5.11. The first-order valence-corrected chi connectivity index (χ1v) is 10.8. The van der Waals surface area contributed by atoms with Crippen LogP contribution in [0.15, 0.2) is 18.2 Å². The smallest absolute Gasteiger partial charge is 0.222 e. The number of amides is 1. The number of hydrogen-bond donors (Lipinski definition) is 0. The molecule has 0 bridgehead atoms. The van der Waals surface area contributed by atoms with E-state index in [0.29, 0.717) is 17.7 Å². The van der Waals surface area contributed by atoms with Crippen molar-refractivity contribution in [1.29, 1.82) is 0 Å². The lowest BCUT2D eigenvalue weighted by Crippen LogP contribution is -2.52. The summed E-state index contributed by atoms with van der Waals surface area (Å²) in [6, 6.07) is 6.38. The molecule has 5 nitrogen and oxygen atoms in total. The van der Waals surface area contributed by atoms with Gasteiger partial charge in [0.25, 0.3) is 0 Å². The van der Waals surface area contributed by atoms with E-state index in [2.05, 4.69) is 34.9 Å². The highest BCUT2D eigenvalue weighted by Crippen LogP contribution is 2.41. The molecule has 0 aromatic heterocycles. The Morgan fingerprint density at radius 1 is 1.25 bits per heavy atom. The Balaban J connectivity index is 1.33. The third-order valence-corrected chi connectivity index (χ3v) is 7.06. The summed E-state index contributed by atoms with van der Waals surface area (Å²) in [5.74, 6) is 1.26. The van der Waals surface area contributed by atoms with Gasteiger partial charge in [0.15, 0.2) is 0 Å². The van der Waals surface area contributed by atoms with Gasteiger partial charge in [-0.25, -0.2) is 0 Å². The summed E-state index contributed by atoms with van der Waals surface area (Å²) >= 11 is 0. The molecule has 0 saturated carbocycles. The van der Waals surface area contributed by atoms with Gasteiger partial charge in [-0.05, 0) is 80.8 Å². The first kappa shape index (κ1) is 19.7. The van der Waals surface area contributed by atoms with E-state index in [1.54, 1.807) is 7.11 Å². The fourth-order valence-electron chi connectivity index (χ4n) is 5.11. The molecule has 1 amide bonds. The van der Waals surface area contributed by atoms with E-state index in [-0.39, 0.29) is 6.10 Å². The lowest BCUT2D eigenvalue weighted by molar-refractivity contribution is -0.141. The number of nitrogens with zero attached hydrogens (tertiary/aromatic N) is 2. The molecule has 3 aliphatic heterocycles. The molecule has 3 aliphatic rings. The predicted molar refractivity (Wildman–Crippen MR) is 109 cm³/mol. The molecule has 154 valence electrons. The van der Waals surface area contributed by atoms with E-state index in [1.807, 2.05) is 0 Å². The van der Waals surface area contributed by atoms with E-state index in [9.17, 15) is 4.79 Å². The number of carbonyl (C=O) groups is 1. The van der Waals surface area contributed by atoms with Crippen molar-refractivity contribution in [2.45, 2.75) is 58.1 Å². The third kappa shape index (κ3) is 4.36. The van der Waals surface area contributed by atoms with Gasteiger partial charge in [-0.3, -0.25) is 9.69 Å². The second kappa shape index (κ2) is 8.42. The molecular formula is C23H34N2O3. The number of rotatable bonds is 5. The summed E-state index contributed by atoms with van der Waals surface area (Å²) in [7, 11) is 1.72. The fraction of sp³-hybridized carbons (Fsp3) is 0.696. The van der Waals surface area contributed by atoms with E-state index in [4.69, 9.17) is 9.47 Å². The van der Waals surface area contributed by atoms with E-state index >= 15 is 0 Å². The minimum atomic E-state index is 0.261. The first-order valence-electron chi connectivity index (χ1n) is 10.8. The average Bonchev–Trinajstić information content (AvgIpc) is 3.21. The molecule has 0 aliphatic carbocycles. The number of methoxy groups -OCH3 is 1. The molecule has 0 radical (unpaired) electrons. The number of carbonyl (C=O) groups excluding carboxylic acids is 1. The maximum absolute atomic E-state index is 12.5. The Hall–Kier alpha value is -1.59. The summed E-state index contributed by atoms with van der Waals surface area (Å²) in [6.45, 7) is 8.00. The SMILES string of the molecule is COc1ccc(CN2CCC3(CCC(=O)N(C[C@H]4CCCO4)C3)CC2)c(C)c1. The van der Waals surface area contributed by atoms with Crippen molar-refractivity contribution in [2.24, 2.45) is 5.41 Å². The van der Waals surface area contributed by atoms with Crippen LogP contribution in [0.1, 0.15) is 49.7 Å². The summed E-state index contributed by atoms with van der Waals surface area (Å²) in [4.78, 5) is 17.1. The van der Waals surface area contributed by atoms with Crippen molar-refractivity contribution in [2.75, 3.05) is 39.9 Å². The quantitative estimate of drug-likeness (QED) is 0.778. The lowest BCUT2D eigenvalue weighted by atomic mass is 9.72. The largest absolute Gasteiger partial charge is 0.497 e. The monoisotopic (exact) mass is 386 g/mol. The number of ether oxygens (including phenoxy) is 2. The highest BCUT2D eigenvalue weighted by Gasteiger charge is 2.41. The van der Waals surface area contributed by atoms with E-state index in [0.717, 1.165) is 64.3 Å². The van der Waals surface area contributed by atoms with Crippen molar-refractivity contribution < 1.29 is 14.3 Å². The van der Waals surface area contributed by atoms with E-state index < -0.39 is 0 Å². The van der Waals surface area contributed by atoms with Gasteiger partial charge in [0.05, 0.1) is 13.2 Å². The number of aryl methyl sites for hydroxylation is 1. The zero-order valence-electron chi connectivity index (χ0n) is 17.4. The molecule has 1 aromatic carbocycles. The Kier molecular flexibility index (Phi) is 5.93. The molecule has 3 heterocycles. The Morgan fingerprint density at radius 2 is 2.07 bits per heavy atom. The molecule has 3 saturated heterocycles. The molecule has 28 heavy (non-hydrogen) atoms. The number of benzene rings is 1. The van der Waals surface area contributed by atoms with Crippen LogP contribution in [0.2, 0.25) is 0 Å². The van der Waals surface area contributed by atoms with Crippen LogP contribution in [0, 0.1) is 12.3 Å². The van der Waals surface area contributed by atoms with Crippen LogP contribution in [0.4, 0.5) is 0 Å². The van der Waals surface area contributed by atoms with Gasteiger partial charge in [0.2, 0.25) is 5.91 Å². The van der Waals surface area contributed by atoms with Crippen LogP contribution in [0.5, 0.6) is 5.75 Å². The highest BCUT2D eigenvalue weighted by molar-refractivity contribution is 5.77. The minimum absolute atomic E-state index is 0.261. The van der Waals surface area contributed by atoms with Gasteiger partial charge in [-0.15, -0.1) is 0 Å². The van der Waals surface area contributed by atoms with Gasteiger partial charge in [-0.2, -0.15) is 0 Å². The average molecular weight is 387 g/mol. The molecule has 3 fully saturated rings. The van der Waals surface area contributed by atoms with Gasteiger partial charge in [0, 0.05) is 32.7 Å². The molecule has 0 unspecified atom stereocenters. The van der Waals surface area contributed by atoms with Gasteiger partial charge >= 0.3 is 0 Å². The maximum Gasteiger partial charge on any atom is 0.222 e. The highest BCUT2D eigenvalue weighted by atomic mass is 16.5. The molecule has 1 atom stereocenters. The summed E-state index contributed by atoms with van der Waals surface area (Å²) in [5.41, 5.74) is 3.00. The Morgan fingerprint density at radius 3 is 2.75 bits per heavy atom. The number of piperidine rings is 2. The van der Waals surface area contributed by atoms with Gasteiger partial charge in [-0.1, -0.05) is 6.07 Å². The van der Waals surface area contributed by atoms with E-state index in [1.165, 1.54) is 24.0 Å². The molecular weight excluding hydrogens is 352 g/mol. The van der Waals surface area contributed by atoms with Crippen molar-refractivity contribution >= 4 is 5.91 Å². The van der Waals surface area contributed by atoms with Crippen LogP contribution in [-0.4, -0.2) is 61.7 Å². The zero-order valence-corrected chi connectivity index (χ0v) is 17.4. The molecule has 4 rings (SSSR count). The van der Waals surface area contributed by atoms with Crippen molar-refractivity contribution in [3.05, 3.63) is 29.3 Å². The topological polar surface area (TPSA) is 42.0 Å². The number of hydrogen-bond acceptors (Lipinski definition) is 4. The standard InChI is InChI=1S/C23H34N2O3/c1-18-14-20(27-2)6-5-19(18)15-24-11-9-23(10-12-24)8-7-22(26)25(17-23)16-21-4-3-13-28-21/h5-6,14,21H,3-4,7-13,15-17H2,1-2H3/t21-/m1/s1. The second-order valence-corrected chi connectivity index (χ2v) is 8.98. The lowest BCUT2D eigenvalue weighted by Gasteiger charge is -2.48. The van der Waals surface area contributed by atoms with Gasteiger partial charge in [0.1, 0.15) is 5.75 Å². The Labute approximate surface area is 169 Å². The number of likely N-dealkylation sites (tertiary alicyclic amines) is 2. The van der Waals surface area contributed by atoms with Crippen molar-refractivity contribution in [3.8, 4) is 5.75 Å². The van der Waals surface area contributed by atoms with Crippen LogP contribution in [-0.2, 0) is 16.1 Å². The predicted octanol–water partition coefficient (Wildman–Crippen LogP) is 3.39. The van der Waals surface area contributed by atoms with Crippen LogP contribution in [0.25, 0.3) is 0 Å². The van der Waals surface area contributed by atoms with Crippen LogP contribution >= 0.6 is 0 Å². The zero-order chi connectivity index (χ0) is 19.6. The van der Waals surface area contributed by atoms with Crippen molar-refractivity contribution in [1.82, 2.24) is 9.80 Å². The van der Waals surface area contributed by atoms with Crippen molar-refractivity contribution in [3.63, 3.8) is 0 Å². The summed E-state index contributed by atoms with van der Waals surface area (Å²) in [5, 5.41) is 0. The summed E-state index contributed by atoms with van der Waals surface area (Å²) in [6.07, 6.45) is 6.66. The molecule has 1 aromatic rings. The maximum atomic E-state index is 12.5. The first-order chi connectivity index (χ1) is 13.6. The molecule has 0 N–H and O–H groups in total. The summed E-state index contributed by atoms with van der Waals surface area (Å²) < 4.78 is 11.1. The molecule has 5 heteroatoms. The van der Waals surface area contributed by atoms with Crippen LogP contribution < -0.4 is 4.74 Å². The normalized spacial score (nSPS) is 25.4. The Bertz CT molecular complexity index is 691. The van der Waals surface area contributed by atoms with Gasteiger partial charge < -0.3 is 14.4 Å².